The first kappa shape index (κ1) is 13.1. The van der Waals surface area contributed by atoms with Gasteiger partial charge in [-0.2, -0.15) is 5.10 Å². The number of carbonyl (C=O) groups is 1. The number of benzene rings is 1. The molecule has 0 aliphatic carbocycles. The van der Waals surface area contributed by atoms with Gasteiger partial charge in [0.25, 0.3) is 5.91 Å². The van der Waals surface area contributed by atoms with Crippen molar-refractivity contribution >= 4 is 5.91 Å². The Hall–Kier alpha value is -2.30. The molecule has 0 radical (unpaired) electrons. The van der Waals surface area contributed by atoms with Crippen LogP contribution in [0.15, 0.2) is 30.3 Å². The van der Waals surface area contributed by atoms with Crippen LogP contribution in [0.5, 0.6) is 5.75 Å². The molecule has 1 N–H and O–H groups in total. The van der Waals surface area contributed by atoms with Gasteiger partial charge >= 0.3 is 0 Å². The number of aromatic nitrogens is 2. The molecule has 0 fully saturated rings. The number of hydrogen-bond donors (Lipinski definition) is 1. The minimum atomic E-state index is -0.119. The van der Waals surface area contributed by atoms with E-state index in [4.69, 9.17) is 4.74 Å². The van der Waals surface area contributed by atoms with E-state index >= 15 is 0 Å². The summed E-state index contributed by atoms with van der Waals surface area (Å²) in [5.41, 5.74) is 2.52. The molecule has 0 atom stereocenters. The Balaban J connectivity index is 1.96. The molecule has 5 nitrogen and oxygen atoms in total. The lowest BCUT2D eigenvalue weighted by Gasteiger charge is -2.04. The zero-order chi connectivity index (χ0) is 13.8. The van der Waals surface area contributed by atoms with Crippen molar-refractivity contribution in [1.29, 1.82) is 0 Å². The third kappa shape index (κ3) is 3.13. The first-order chi connectivity index (χ1) is 9.10. The van der Waals surface area contributed by atoms with Gasteiger partial charge in [-0.15, -0.1) is 0 Å². The molecule has 19 heavy (non-hydrogen) atoms. The van der Waals surface area contributed by atoms with Gasteiger partial charge < -0.3 is 10.1 Å². The van der Waals surface area contributed by atoms with Crippen molar-refractivity contribution < 1.29 is 9.53 Å². The van der Waals surface area contributed by atoms with Gasteiger partial charge in [0.2, 0.25) is 0 Å². The number of nitrogens with zero attached hydrogens (tertiary/aromatic N) is 2. The molecule has 1 aromatic heterocycles. The summed E-state index contributed by atoms with van der Waals surface area (Å²) < 4.78 is 6.84. The minimum absolute atomic E-state index is 0.119. The third-order valence-electron chi connectivity index (χ3n) is 2.95. The van der Waals surface area contributed by atoms with Crippen LogP contribution in [0.3, 0.4) is 0 Å². The van der Waals surface area contributed by atoms with Crippen LogP contribution in [-0.4, -0.2) is 22.8 Å². The lowest BCUT2D eigenvalue weighted by Crippen LogP contribution is -2.23. The average Bonchev–Trinajstić information content (AvgIpc) is 2.75. The molecule has 1 amide bonds. The average molecular weight is 259 g/mol. The standard InChI is InChI=1S/C14H17N3O2/c1-10-8-12(16-17(10)2)9-15-14(18)11-4-6-13(19-3)7-5-11/h4-8H,9H2,1-3H3,(H,15,18). The Labute approximate surface area is 112 Å². The van der Waals surface area contributed by atoms with E-state index in [0.717, 1.165) is 17.1 Å². The van der Waals surface area contributed by atoms with E-state index in [2.05, 4.69) is 10.4 Å². The summed E-state index contributed by atoms with van der Waals surface area (Å²) in [4.78, 5) is 11.9. The van der Waals surface area contributed by atoms with Crippen LogP contribution in [0.4, 0.5) is 0 Å². The molecule has 0 aliphatic heterocycles. The normalized spacial score (nSPS) is 10.3. The quantitative estimate of drug-likeness (QED) is 0.908. The van der Waals surface area contributed by atoms with E-state index < -0.39 is 0 Å². The fourth-order valence-corrected chi connectivity index (χ4v) is 1.74. The monoisotopic (exact) mass is 259 g/mol. The van der Waals surface area contributed by atoms with Gasteiger partial charge in [-0.05, 0) is 37.3 Å². The van der Waals surface area contributed by atoms with Crippen molar-refractivity contribution in [3.05, 3.63) is 47.3 Å². The number of hydrogen-bond acceptors (Lipinski definition) is 3. The Kier molecular flexibility index (Phi) is 3.85. The molecule has 1 aromatic carbocycles. The van der Waals surface area contributed by atoms with Gasteiger partial charge in [0, 0.05) is 18.3 Å². The summed E-state index contributed by atoms with van der Waals surface area (Å²) in [6.45, 7) is 2.40. The van der Waals surface area contributed by atoms with E-state index in [-0.39, 0.29) is 5.91 Å². The van der Waals surface area contributed by atoms with Gasteiger partial charge in [-0.3, -0.25) is 9.48 Å². The highest BCUT2D eigenvalue weighted by atomic mass is 16.5. The highest BCUT2D eigenvalue weighted by Gasteiger charge is 2.07. The maximum atomic E-state index is 11.9. The van der Waals surface area contributed by atoms with Crippen molar-refractivity contribution in [3.8, 4) is 5.75 Å². The molecule has 0 saturated heterocycles. The SMILES string of the molecule is COc1ccc(C(=O)NCc2cc(C)n(C)n2)cc1. The van der Waals surface area contributed by atoms with Crippen molar-refractivity contribution in [1.82, 2.24) is 15.1 Å². The highest BCUT2D eigenvalue weighted by molar-refractivity contribution is 5.94. The van der Waals surface area contributed by atoms with Gasteiger partial charge in [0.15, 0.2) is 0 Å². The summed E-state index contributed by atoms with van der Waals surface area (Å²) in [7, 11) is 3.47. The number of amides is 1. The number of nitrogens with one attached hydrogen (secondary N) is 1. The predicted octanol–water partition coefficient (Wildman–Crippen LogP) is 1.67. The number of carbonyl (C=O) groups excluding carboxylic acids is 1. The molecule has 0 bridgehead atoms. The molecule has 1 heterocycles. The van der Waals surface area contributed by atoms with Crippen molar-refractivity contribution in [2.75, 3.05) is 7.11 Å². The predicted molar refractivity (Wildman–Crippen MR) is 72.1 cm³/mol. The van der Waals surface area contributed by atoms with Crippen molar-refractivity contribution in [2.24, 2.45) is 7.05 Å². The van der Waals surface area contributed by atoms with E-state index in [1.165, 1.54) is 0 Å². The van der Waals surface area contributed by atoms with Gasteiger partial charge in [0.05, 0.1) is 19.3 Å². The van der Waals surface area contributed by atoms with Gasteiger partial charge in [0.1, 0.15) is 5.75 Å². The second-order valence-electron chi connectivity index (χ2n) is 4.31. The number of rotatable bonds is 4. The van der Waals surface area contributed by atoms with Crippen LogP contribution in [0.2, 0.25) is 0 Å². The summed E-state index contributed by atoms with van der Waals surface area (Å²) in [5.74, 6) is 0.614. The topological polar surface area (TPSA) is 56.1 Å². The zero-order valence-corrected chi connectivity index (χ0v) is 11.3. The molecule has 0 unspecified atom stereocenters. The second-order valence-corrected chi connectivity index (χ2v) is 4.31. The molecular formula is C14H17N3O2. The van der Waals surface area contributed by atoms with Crippen molar-refractivity contribution in [3.63, 3.8) is 0 Å². The zero-order valence-electron chi connectivity index (χ0n) is 11.3. The Morgan fingerprint density at radius 1 is 1.37 bits per heavy atom. The molecule has 0 saturated carbocycles. The van der Waals surface area contributed by atoms with Crippen LogP contribution < -0.4 is 10.1 Å². The lowest BCUT2D eigenvalue weighted by molar-refractivity contribution is 0.0950. The van der Waals surface area contributed by atoms with E-state index in [1.54, 1.807) is 36.1 Å². The second kappa shape index (κ2) is 5.56. The molecular weight excluding hydrogens is 242 g/mol. The molecule has 0 spiro atoms. The summed E-state index contributed by atoms with van der Waals surface area (Å²) in [6, 6.07) is 8.95. The fourth-order valence-electron chi connectivity index (χ4n) is 1.74. The summed E-state index contributed by atoms with van der Waals surface area (Å²) in [6.07, 6.45) is 0. The lowest BCUT2D eigenvalue weighted by atomic mass is 10.2. The van der Waals surface area contributed by atoms with Crippen molar-refractivity contribution in [2.45, 2.75) is 13.5 Å². The highest BCUT2D eigenvalue weighted by Crippen LogP contribution is 2.11. The van der Waals surface area contributed by atoms with Gasteiger partial charge in [-0.25, -0.2) is 0 Å². The Morgan fingerprint density at radius 2 is 2.05 bits per heavy atom. The summed E-state index contributed by atoms with van der Waals surface area (Å²) in [5, 5.41) is 7.12. The van der Waals surface area contributed by atoms with Crippen LogP contribution in [-0.2, 0) is 13.6 Å². The first-order valence-corrected chi connectivity index (χ1v) is 6.02. The molecule has 5 heteroatoms. The summed E-state index contributed by atoms with van der Waals surface area (Å²) >= 11 is 0. The largest absolute Gasteiger partial charge is 0.497 e. The number of aryl methyl sites for hydroxylation is 2. The van der Waals surface area contributed by atoms with E-state index in [1.807, 2.05) is 20.0 Å². The molecule has 2 aromatic rings. The Morgan fingerprint density at radius 3 is 2.58 bits per heavy atom. The number of methoxy groups -OCH3 is 1. The first-order valence-electron chi connectivity index (χ1n) is 6.02. The maximum absolute atomic E-state index is 11.9. The van der Waals surface area contributed by atoms with Gasteiger partial charge in [-0.1, -0.05) is 0 Å². The van der Waals surface area contributed by atoms with Crippen LogP contribution in [0, 0.1) is 6.92 Å². The third-order valence-corrected chi connectivity index (χ3v) is 2.95. The van der Waals surface area contributed by atoms with Crippen LogP contribution in [0.25, 0.3) is 0 Å². The van der Waals surface area contributed by atoms with Crippen LogP contribution in [0.1, 0.15) is 21.7 Å². The fraction of sp³-hybridized carbons (Fsp3) is 0.286. The van der Waals surface area contributed by atoms with E-state index in [0.29, 0.717) is 12.1 Å². The Bertz CT molecular complexity index is 553. The molecule has 100 valence electrons. The maximum Gasteiger partial charge on any atom is 0.251 e. The van der Waals surface area contributed by atoms with Crippen LogP contribution >= 0.6 is 0 Å². The van der Waals surface area contributed by atoms with E-state index in [9.17, 15) is 4.79 Å². The molecule has 2 rings (SSSR count). The molecule has 0 aliphatic rings. The minimum Gasteiger partial charge on any atom is -0.497 e. The number of ether oxygens (including phenoxy) is 1. The smallest absolute Gasteiger partial charge is 0.251 e.